The van der Waals surface area contributed by atoms with Gasteiger partial charge in [0.2, 0.25) is 0 Å². The van der Waals surface area contributed by atoms with E-state index in [2.05, 4.69) is 25.3 Å². The number of amides is 2. The number of rotatable bonds is 2. The lowest BCUT2D eigenvalue weighted by molar-refractivity contribution is 0.208. The highest BCUT2D eigenvalue weighted by molar-refractivity contribution is 7.17. The van der Waals surface area contributed by atoms with Gasteiger partial charge in [-0.25, -0.2) is 14.8 Å². The molecule has 0 unspecified atom stereocenters. The van der Waals surface area contributed by atoms with Gasteiger partial charge in [-0.15, -0.1) is 11.3 Å². The molecule has 0 bridgehead atoms. The van der Waals surface area contributed by atoms with Crippen molar-refractivity contribution in [2.75, 3.05) is 36.4 Å². The molecule has 0 saturated carbocycles. The minimum absolute atomic E-state index is 0.114. The Morgan fingerprint density at radius 1 is 1.21 bits per heavy atom. The predicted octanol–water partition coefficient (Wildman–Crippen LogP) is 1.78. The lowest BCUT2D eigenvalue weighted by Crippen LogP contribution is -2.50. The third kappa shape index (κ3) is 2.78. The van der Waals surface area contributed by atoms with Crippen molar-refractivity contribution >= 4 is 39.2 Å². The number of hydrogen-bond donors (Lipinski definition) is 1. The Balaban J connectivity index is 1.41. The molecule has 1 saturated heterocycles. The Morgan fingerprint density at radius 3 is 2.79 bits per heavy atom. The van der Waals surface area contributed by atoms with E-state index in [-0.39, 0.29) is 6.03 Å². The van der Waals surface area contributed by atoms with Gasteiger partial charge in [-0.05, 0) is 11.4 Å². The van der Waals surface area contributed by atoms with Crippen molar-refractivity contribution in [1.82, 2.24) is 24.6 Å². The normalized spacial score (nSPS) is 15.0. The van der Waals surface area contributed by atoms with Gasteiger partial charge < -0.3 is 9.80 Å². The van der Waals surface area contributed by atoms with E-state index >= 15 is 0 Å². The third-order valence-corrected chi connectivity index (χ3v) is 4.94. The number of nitrogens with zero attached hydrogens (tertiary/aromatic N) is 6. The quantitative estimate of drug-likeness (QED) is 0.767. The minimum Gasteiger partial charge on any atom is -0.352 e. The van der Waals surface area contributed by atoms with E-state index in [1.165, 1.54) is 0 Å². The molecule has 1 N–H and O–H groups in total. The van der Waals surface area contributed by atoms with Crippen molar-refractivity contribution in [2.24, 2.45) is 7.05 Å². The molecular weight excluding hydrogens is 326 g/mol. The van der Waals surface area contributed by atoms with Crippen LogP contribution in [0.4, 0.5) is 16.4 Å². The molecule has 1 fully saturated rings. The fraction of sp³-hybridized carbons (Fsp3) is 0.333. The molecule has 0 spiro atoms. The van der Waals surface area contributed by atoms with E-state index in [1.54, 1.807) is 39.5 Å². The summed E-state index contributed by atoms with van der Waals surface area (Å²) in [4.78, 5) is 25.0. The van der Waals surface area contributed by atoms with Gasteiger partial charge in [0.15, 0.2) is 5.82 Å². The maximum absolute atomic E-state index is 12.3. The van der Waals surface area contributed by atoms with Crippen LogP contribution in [0.3, 0.4) is 0 Å². The molecule has 1 aliphatic rings. The topological polar surface area (TPSA) is 79.2 Å². The Kier molecular flexibility index (Phi) is 3.77. The Bertz CT molecular complexity index is 865. The summed E-state index contributed by atoms with van der Waals surface area (Å²) >= 11 is 1.65. The first kappa shape index (κ1) is 14.9. The molecule has 0 radical (unpaired) electrons. The van der Waals surface area contributed by atoms with Crippen molar-refractivity contribution < 1.29 is 4.79 Å². The lowest BCUT2D eigenvalue weighted by Gasteiger charge is -2.35. The van der Waals surface area contributed by atoms with Gasteiger partial charge in [0.05, 0.1) is 10.2 Å². The molecule has 0 aliphatic carbocycles. The first-order valence-electron chi connectivity index (χ1n) is 7.69. The molecule has 24 heavy (non-hydrogen) atoms. The summed E-state index contributed by atoms with van der Waals surface area (Å²) < 4.78 is 2.76. The number of nitrogens with one attached hydrogen (secondary N) is 1. The zero-order valence-electron chi connectivity index (χ0n) is 13.2. The molecule has 3 aromatic rings. The van der Waals surface area contributed by atoms with Crippen LogP contribution < -0.4 is 10.2 Å². The van der Waals surface area contributed by atoms with E-state index in [0.29, 0.717) is 18.9 Å². The van der Waals surface area contributed by atoms with Crippen LogP contribution in [0.5, 0.6) is 0 Å². The highest BCUT2D eigenvalue weighted by atomic mass is 32.1. The molecule has 8 nitrogen and oxygen atoms in total. The van der Waals surface area contributed by atoms with Crippen LogP contribution >= 0.6 is 11.3 Å². The average molecular weight is 343 g/mol. The molecule has 9 heteroatoms. The number of piperazine rings is 1. The van der Waals surface area contributed by atoms with Gasteiger partial charge in [-0.3, -0.25) is 10.00 Å². The molecule has 0 aromatic carbocycles. The maximum atomic E-state index is 12.3. The van der Waals surface area contributed by atoms with Crippen molar-refractivity contribution in [3.63, 3.8) is 0 Å². The van der Waals surface area contributed by atoms with Crippen molar-refractivity contribution in [1.29, 1.82) is 0 Å². The standard InChI is InChI=1S/C15H17N7OS/c1-20-4-2-12(19-20)18-15(23)22-7-5-21(6-8-22)14-13-11(3-9-24-13)16-10-17-14/h2-4,9-10H,5-8H2,1H3,(H,18,19,23). The average Bonchev–Trinajstić information content (AvgIpc) is 3.23. The number of anilines is 2. The number of thiophene rings is 1. The Hall–Kier alpha value is -2.68. The predicted molar refractivity (Wildman–Crippen MR) is 93.4 cm³/mol. The van der Waals surface area contributed by atoms with Crippen LogP contribution in [-0.4, -0.2) is 56.9 Å². The summed E-state index contributed by atoms with van der Waals surface area (Å²) in [6, 6.07) is 3.67. The van der Waals surface area contributed by atoms with E-state index in [9.17, 15) is 4.79 Å². The van der Waals surface area contributed by atoms with E-state index < -0.39 is 0 Å². The number of hydrogen-bond acceptors (Lipinski definition) is 6. The van der Waals surface area contributed by atoms with Gasteiger partial charge in [-0.2, -0.15) is 5.10 Å². The maximum Gasteiger partial charge on any atom is 0.323 e. The second kappa shape index (κ2) is 6.08. The van der Waals surface area contributed by atoms with Crippen LogP contribution in [0.2, 0.25) is 0 Å². The molecule has 0 atom stereocenters. The highest BCUT2D eigenvalue weighted by Crippen LogP contribution is 2.28. The monoisotopic (exact) mass is 343 g/mol. The van der Waals surface area contributed by atoms with Gasteiger partial charge in [0.1, 0.15) is 12.1 Å². The molecule has 4 rings (SSSR count). The number of carbonyl (C=O) groups is 1. The molecular formula is C15H17N7OS. The largest absolute Gasteiger partial charge is 0.352 e. The van der Waals surface area contributed by atoms with Crippen LogP contribution in [-0.2, 0) is 7.05 Å². The molecule has 1 aliphatic heterocycles. The van der Waals surface area contributed by atoms with Gasteiger partial charge in [-0.1, -0.05) is 0 Å². The number of urea groups is 1. The minimum atomic E-state index is -0.114. The summed E-state index contributed by atoms with van der Waals surface area (Å²) in [6.45, 7) is 2.80. The first-order valence-corrected chi connectivity index (χ1v) is 8.57. The number of aromatic nitrogens is 4. The second-order valence-electron chi connectivity index (χ2n) is 5.61. The van der Waals surface area contributed by atoms with E-state index in [1.807, 2.05) is 18.5 Å². The molecule has 4 heterocycles. The first-order chi connectivity index (χ1) is 11.7. The molecule has 124 valence electrons. The zero-order valence-corrected chi connectivity index (χ0v) is 14.0. The van der Waals surface area contributed by atoms with E-state index in [4.69, 9.17) is 0 Å². The lowest BCUT2D eigenvalue weighted by atomic mass is 10.3. The molecule has 2 amide bonds. The summed E-state index contributed by atoms with van der Waals surface area (Å²) in [5.74, 6) is 1.53. The Morgan fingerprint density at radius 2 is 2.04 bits per heavy atom. The highest BCUT2D eigenvalue weighted by Gasteiger charge is 2.23. The van der Waals surface area contributed by atoms with E-state index in [0.717, 1.165) is 29.1 Å². The second-order valence-corrected chi connectivity index (χ2v) is 6.53. The number of fused-ring (bicyclic) bond motifs is 1. The van der Waals surface area contributed by atoms with Crippen molar-refractivity contribution in [3.8, 4) is 0 Å². The summed E-state index contributed by atoms with van der Waals surface area (Å²) in [6.07, 6.45) is 3.40. The van der Waals surface area contributed by atoms with Gasteiger partial charge in [0.25, 0.3) is 0 Å². The number of carbonyl (C=O) groups excluding carboxylic acids is 1. The Labute approximate surface area is 142 Å². The fourth-order valence-corrected chi connectivity index (χ4v) is 3.65. The summed E-state index contributed by atoms with van der Waals surface area (Å²) in [5, 5.41) is 9.02. The van der Waals surface area contributed by atoms with Gasteiger partial charge >= 0.3 is 6.03 Å². The summed E-state index contributed by atoms with van der Waals surface area (Å²) in [5.41, 5.74) is 0.973. The molecule has 3 aromatic heterocycles. The van der Waals surface area contributed by atoms with Crippen LogP contribution in [0, 0.1) is 0 Å². The van der Waals surface area contributed by atoms with Crippen LogP contribution in [0.25, 0.3) is 10.2 Å². The fourth-order valence-electron chi connectivity index (χ4n) is 2.79. The third-order valence-electron chi connectivity index (χ3n) is 4.04. The van der Waals surface area contributed by atoms with Gasteiger partial charge in [0, 0.05) is 45.5 Å². The smallest absolute Gasteiger partial charge is 0.323 e. The number of aryl methyl sites for hydroxylation is 1. The van der Waals surface area contributed by atoms with Crippen LogP contribution in [0.15, 0.2) is 30.0 Å². The SMILES string of the molecule is Cn1ccc(NC(=O)N2CCN(c3ncnc4ccsc34)CC2)n1. The van der Waals surface area contributed by atoms with Crippen LogP contribution in [0.1, 0.15) is 0 Å². The van der Waals surface area contributed by atoms with Crippen molar-refractivity contribution in [2.45, 2.75) is 0 Å². The van der Waals surface area contributed by atoms with Crippen molar-refractivity contribution in [3.05, 3.63) is 30.0 Å². The zero-order chi connectivity index (χ0) is 16.5. The summed E-state index contributed by atoms with van der Waals surface area (Å²) in [7, 11) is 1.82.